The molecule has 0 aliphatic carbocycles. The van der Waals surface area contributed by atoms with Crippen molar-refractivity contribution in [3.8, 4) is 5.75 Å². The molecule has 2 N–H and O–H groups in total. The third-order valence-corrected chi connectivity index (χ3v) is 6.39. The summed E-state index contributed by atoms with van der Waals surface area (Å²) >= 11 is 0. The van der Waals surface area contributed by atoms with Crippen molar-refractivity contribution in [2.75, 3.05) is 6.54 Å². The maximum Gasteiger partial charge on any atom is 0.271 e. The van der Waals surface area contributed by atoms with E-state index in [1.54, 1.807) is 25.2 Å². The summed E-state index contributed by atoms with van der Waals surface area (Å²) in [5.41, 5.74) is 0.716. The molecule has 0 unspecified atom stereocenters. The Morgan fingerprint density at radius 1 is 1.03 bits per heavy atom. The molecule has 8 nitrogen and oxygen atoms in total. The summed E-state index contributed by atoms with van der Waals surface area (Å²) in [4.78, 5) is 25.9. The van der Waals surface area contributed by atoms with Gasteiger partial charge in [0.1, 0.15) is 6.61 Å². The van der Waals surface area contributed by atoms with Crippen molar-refractivity contribution in [2.24, 2.45) is 7.05 Å². The number of hydrogen-bond acceptors (Lipinski definition) is 5. The van der Waals surface area contributed by atoms with Gasteiger partial charge < -0.3 is 14.6 Å². The van der Waals surface area contributed by atoms with Gasteiger partial charge in [-0.1, -0.05) is 55.5 Å². The van der Waals surface area contributed by atoms with Gasteiger partial charge in [-0.2, -0.15) is 0 Å². The number of aromatic nitrogens is 1. The number of carbonyl (C=O) groups is 1. The van der Waals surface area contributed by atoms with E-state index in [9.17, 15) is 18.0 Å². The van der Waals surface area contributed by atoms with Crippen molar-refractivity contribution in [3.63, 3.8) is 0 Å². The summed E-state index contributed by atoms with van der Waals surface area (Å²) in [6, 6.07) is 18.5. The van der Waals surface area contributed by atoms with E-state index in [-0.39, 0.29) is 29.5 Å². The number of carbonyl (C=O) groups excluding carboxylic acids is 1. The molecular formula is C24H27N3O5S. The standard InChI is InChI=1S/C24H27N3O5S/c1-3-14-25-24(29)22-23(32-17-18-10-6-4-7-11-18)21(28)15-19(27(22)2)16-26-33(30,31)20-12-8-5-9-13-20/h4-13,15,26H,3,14,16-17H2,1-2H3,(H,25,29). The first-order valence-electron chi connectivity index (χ1n) is 10.6. The molecule has 0 radical (unpaired) electrons. The van der Waals surface area contributed by atoms with Crippen LogP contribution in [0.2, 0.25) is 0 Å². The van der Waals surface area contributed by atoms with Gasteiger partial charge in [-0.15, -0.1) is 0 Å². The molecule has 2 aromatic carbocycles. The third-order valence-electron chi connectivity index (χ3n) is 4.98. The monoisotopic (exact) mass is 469 g/mol. The molecule has 0 bridgehead atoms. The molecule has 3 aromatic rings. The number of ether oxygens (including phenoxy) is 1. The van der Waals surface area contributed by atoms with Crippen LogP contribution in [-0.2, 0) is 30.2 Å². The van der Waals surface area contributed by atoms with Gasteiger partial charge in [-0.3, -0.25) is 9.59 Å². The number of nitrogens with zero attached hydrogens (tertiary/aromatic N) is 1. The van der Waals surface area contributed by atoms with Crippen molar-refractivity contribution in [2.45, 2.75) is 31.4 Å². The topological polar surface area (TPSA) is 106 Å². The van der Waals surface area contributed by atoms with Crippen LogP contribution in [0.5, 0.6) is 5.75 Å². The second kappa shape index (κ2) is 10.9. The summed E-state index contributed by atoms with van der Waals surface area (Å²) in [5.74, 6) is -0.545. The van der Waals surface area contributed by atoms with Crippen molar-refractivity contribution >= 4 is 15.9 Å². The summed E-state index contributed by atoms with van der Waals surface area (Å²) in [6.07, 6.45) is 0.719. The minimum atomic E-state index is -3.79. The molecule has 0 spiro atoms. The molecule has 0 saturated heterocycles. The minimum absolute atomic E-state index is 0.0424. The van der Waals surface area contributed by atoms with Crippen LogP contribution < -0.4 is 20.2 Å². The van der Waals surface area contributed by atoms with E-state index in [4.69, 9.17) is 4.74 Å². The molecular weight excluding hydrogens is 442 g/mol. The Morgan fingerprint density at radius 2 is 1.67 bits per heavy atom. The fourth-order valence-electron chi connectivity index (χ4n) is 3.19. The maximum atomic E-state index is 12.9. The Kier molecular flexibility index (Phi) is 8.02. The molecule has 1 heterocycles. The number of pyridine rings is 1. The minimum Gasteiger partial charge on any atom is -0.483 e. The SMILES string of the molecule is CCCNC(=O)c1c(OCc2ccccc2)c(=O)cc(CNS(=O)(=O)c2ccccc2)n1C. The van der Waals surface area contributed by atoms with Crippen LogP contribution in [0, 0.1) is 0 Å². The quantitative estimate of drug-likeness (QED) is 0.475. The highest BCUT2D eigenvalue weighted by Crippen LogP contribution is 2.18. The zero-order valence-corrected chi connectivity index (χ0v) is 19.4. The lowest BCUT2D eigenvalue weighted by atomic mass is 10.2. The average Bonchev–Trinajstić information content (AvgIpc) is 2.83. The highest BCUT2D eigenvalue weighted by molar-refractivity contribution is 7.89. The normalized spacial score (nSPS) is 11.2. The highest BCUT2D eigenvalue weighted by atomic mass is 32.2. The highest BCUT2D eigenvalue weighted by Gasteiger charge is 2.22. The summed E-state index contributed by atoms with van der Waals surface area (Å²) < 4.78 is 34.9. The molecule has 33 heavy (non-hydrogen) atoms. The number of nitrogens with one attached hydrogen (secondary N) is 2. The Bertz CT molecular complexity index is 1260. The maximum absolute atomic E-state index is 12.9. The Morgan fingerprint density at radius 3 is 2.30 bits per heavy atom. The first kappa shape index (κ1) is 24.2. The van der Waals surface area contributed by atoms with Crippen molar-refractivity contribution in [1.29, 1.82) is 0 Å². The van der Waals surface area contributed by atoms with Crippen molar-refractivity contribution in [1.82, 2.24) is 14.6 Å². The molecule has 0 fully saturated rings. The number of amides is 1. The molecule has 0 aliphatic rings. The van der Waals surface area contributed by atoms with Crippen LogP contribution in [0.1, 0.15) is 35.1 Å². The molecule has 1 amide bonds. The lowest BCUT2D eigenvalue weighted by molar-refractivity contribution is 0.0938. The second-order valence-corrected chi connectivity index (χ2v) is 9.17. The van der Waals surface area contributed by atoms with Crippen LogP contribution in [0.4, 0.5) is 0 Å². The van der Waals surface area contributed by atoms with Crippen LogP contribution >= 0.6 is 0 Å². The van der Waals surface area contributed by atoms with E-state index in [1.807, 2.05) is 37.3 Å². The number of hydrogen-bond donors (Lipinski definition) is 2. The lowest BCUT2D eigenvalue weighted by Crippen LogP contribution is -2.33. The molecule has 0 aliphatic heterocycles. The van der Waals surface area contributed by atoms with Gasteiger partial charge in [-0.05, 0) is 24.1 Å². The molecule has 9 heteroatoms. The summed E-state index contributed by atoms with van der Waals surface area (Å²) in [5, 5.41) is 2.76. The van der Waals surface area contributed by atoms with Gasteiger partial charge in [0.25, 0.3) is 5.91 Å². The van der Waals surface area contributed by atoms with Gasteiger partial charge in [-0.25, -0.2) is 13.1 Å². The predicted octanol–water partition coefficient (Wildman–Crippen LogP) is 2.58. The largest absolute Gasteiger partial charge is 0.483 e. The first-order valence-corrected chi connectivity index (χ1v) is 12.0. The zero-order valence-electron chi connectivity index (χ0n) is 18.6. The van der Waals surface area contributed by atoms with E-state index in [2.05, 4.69) is 10.0 Å². The lowest BCUT2D eigenvalue weighted by Gasteiger charge is -2.18. The van der Waals surface area contributed by atoms with Crippen LogP contribution in [0.3, 0.4) is 0 Å². The fourth-order valence-corrected chi connectivity index (χ4v) is 4.21. The molecule has 1 aromatic heterocycles. The molecule has 0 atom stereocenters. The van der Waals surface area contributed by atoms with Gasteiger partial charge in [0.2, 0.25) is 15.5 Å². The molecule has 3 rings (SSSR count). The smallest absolute Gasteiger partial charge is 0.271 e. The molecule has 0 saturated carbocycles. The zero-order chi connectivity index (χ0) is 23.8. The third kappa shape index (κ3) is 6.09. The van der Waals surface area contributed by atoms with Crippen molar-refractivity contribution < 1.29 is 17.9 Å². The van der Waals surface area contributed by atoms with E-state index >= 15 is 0 Å². The number of benzene rings is 2. The van der Waals surface area contributed by atoms with Gasteiger partial charge in [0, 0.05) is 25.4 Å². The number of rotatable bonds is 10. The Labute approximate surface area is 193 Å². The summed E-state index contributed by atoms with van der Waals surface area (Å²) in [6.45, 7) is 2.29. The Hall–Kier alpha value is -3.43. The van der Waals surface area contributed by atoms with Crippen LogP contribution in [-0.4, -0.2) is 25.4 Å². The second-order valence-electron chi connectivity index (χ2n) is 7.40. The summed E-state index contributed by atoms with van der Waals surface area (Å²) in [7, 11) is -2.19. The van der Waals surface area contributed by atoms with E-state index in [0.29, 0.717) is 12.2 Å². The van der Waals surface area contributed by atoms with E-state index < -0.39 is 21.4 Å². The van der Waals surface area contributed by atoms with E-state index in [0.717, 1.165) is 12.0 Å². The van der Waals surface area contributed by atoms with Crippen LogP contribution in [0.25, 0.3) is 0 Å². The van der Waals surface area contributed by atoms with Gasteiger partial charge >= 0.3 is 0 Å². The van der Waals surface area contributed by atoms with E-state index in [1.165, 1.54) is 22.8 Å². The average molecular weight is 470 g/mol. The Balaban J connectivity index is 1.92. The van der Waals surface area contributed by atoms with Crippen LogP contribution in [0.15, 0.2) is 76.4 Å². The number of sulfonamides is 1. The first-order chi connectivity index (χ1) is 15.8. The predicted molar refractivity (Wildman–Crippen MR) is 126 cm³/mol. The molecule has 174 valence electrons. The van der Waals surface area contributed by atoms with Gasteiger partial charge in [0.05, 0.1) is 11.4 Å². The van der Waals surface area contributed by atoms with Gasteiger partial charge in [0.15, 0.2) is 11.4 Å². The van der Waals surface area contributed by atoms with Crippen molar-refractivity contribution in [3.05, 3.63) is 93.9 Å². The fraction of sp³-hybridized carbons (Fsp3) is 0.250.